The van der Waals surface area contributed by atoms with Crippen molar-refractivity contribution in [1.82, 2.24) is 25.3 Å². The molecule has 0 amide bonds. The Balaban J connectivity index is -0.000000377. The Kier molecular flexibility index (Phi) is 73.9. The maximum absolute atomic E-state index is 5.23. The molecule has 0 radical (unpaired) electrons. The number of hydrogen-bond acceptors (Lipinski definition) is 8. The summed E-state index contributed by atoms with van der Waals surface area (Å²) in [6.07, 6.45) is 5.54. The lowest BCUT2D eigenvalue weighted by Crippen LogP contribution is -1.89. The van der Waals surface area contributed by atoms with E-state index >= 15 is 0 Å². The van der Waals surface area contributed by atoms with Gasteiger partial charge >= 0.3 is 0 Å². The van der Waals surface area contributed by atoms with Crippen LogP contribution in [-0.4, -0.2) is 32.4 Å². The van der Waals surface area contributed by atoms with E-state index in [1.54, 1.807) is 13.3 Å². The van der Waals surface area contributed by atoms with Gasteiger partial charge in [0.25, 0.3) is 0 Å². The van der Waals surface area contributed by atoms with Crippen molar-refractivity contribution in [2.75, 3.05) is 7.11 Å². The normalized spacial score (nSPS) is 9.08. The molecule has 0 unspecified atom stereocenters. The van der Waals surface area contributed by atoms with Crippen molar-refractivity contribution < 1.29 is 13.8 Å². The number of hydrogen-bond donors (Lipinski definition) is 0. The lowest BCUT2D eigenvalue weighted by Gasteiger charge is -2.06. The fourth-order valence-corrected chi connectivity index (χ4v) is 8.69. The molecule has 7 aromatic carbocycles. The summed E-state index contributed by atoms with van der Waals surface area (Å²) in [5.74, 6) is 5.88. The van der Waals surface area contributed by atoms with Gasteiger partial charge < -0.3 is 13.8 Å². The molecule has 8 nitrogen and oxygen atoms in total. The molecule has 5 aromatic heterocycles. The first-order valence-electron chi connectivity index (χ1n) is 41.3. The Labute approximate surface area is 674 Å². The molecule has 0 spiro atoms. The molecule has 0 aliphatic rings. The van der Waals surface area contributed by atoms with E-state index in [9.17, 15) is 0 Å². The zero-order chi connectivity index (χ0) is 84.5. The van der Waals surface area contributed by atoms with Gasteiger partial charge in [0.15, 0.2) is 0 Å². The average Bonchev–Trinajstić information content (AvgIpc) is 1.09. The van der Waals surface area contributed by atoms with Crippen molar-refractivity contribution in [1.29, 1.82) is 0 Å². The highest BCUT2D eigenvalue weighted by Gasteiger charge is 2.11. The molecular weight excluding hydrogens is 1340 g/mol. The minimum Gasteiger partial charge on any atom is -0.497 e. The van der Waals surface area contributed by atoms with Gasteiger partial charge in [0.05, 0.1) is 24.2 Å². The second-order valence-corrected chi connectivity index (χ2v) is 23.3. The topological polar surface area (TPSA) is 100.0 Å². The molecule has 5 heterocycles. The van der Waals surface area contributed by atoms with Gasteiger partial charge in [0, 0.05) is 59.2 Å². The first-order valence-corrected chi connectivity index (χ1v) is 41.3. The standard InChI is InChI=1S/C15H16.2C14H15N.C12H13NO.C11H12N2O.C9H12.C7H8O.10C2H6/c1-12(2)13-8-10-15(11-9-13)14-6-4-3-5-7-14;1-11(2)12-6-8-13(9-7-12)14-5-3-4-10-15-14;1-11(2)13-8-9-14(15-10-13)12-6-4-3-5-7-12;1-9(2)12-8-11(13-14-12)10-6-4-3-5-7-10;1-8(2)11-7-10(13-14-11)9-5-3-4-6-12-9;1-8(2)9-6-4-3-5-7-9;1-8-7-5-3-2-4-6-7;10*1-2/h3-12H,1-2H3;2*3-11H,1-2H3;3-9H,1-2H3;3-8H,1-2H3;3-8H,1-2H3;2-6H,1H3;10*1-2H3. The quantitative estimate of drug-likeness (QED) is 0.119. The number of benzene rings is 7. The molecule has 12 aromatic rings. The zero-order valence-corrected chi connectivity index (χ0v) is 75.0. The van der Waals surface area contributed by atoms with Crippen molar-refractivity contribution in [3.63, 3.8) is 0 Å². The summed E-state index contributed by atoms with van der Waals surface area (Å²) >= 11 is 0. The first kappa shape index (κ1) is 109. The van der Waals surface area contributed by atoms with Crippen molar-refractivity contribution >= 4 is 0 Å². The minimum absolute atomic E-state index is 0.361. The first-order chi connectivity index (χ1) is 53.6. The number of rotatable bonds is 12. The summed E-state index contributed by atoms with van der Waals surface area (Å²) < 4.78 is 15.3. The highest BCUT2D eigenvalue weighted by molar-refractivity contribution is 5.64. The number of ether oxygens (including phenoxy) is 1. The molecule has 8 heteroatoms. The minimum atomic E-state index is 0.361. The van der Waals surface area contributed by atoms with Gasteiger partial charge in [-0.25, -0.2) is 0 Å². The van der Waals surface area contributed by atoms with Gasteiger partial charge in [-0.2, -0.15) is 0 Å². The maximum Gasteiger partial charge on any atom is 0.139 e. The lowest BCUT2D eigenvalue weighted by atomic mass is 9.99. The molecule has 0 bridgehead atoms. The predicted molar refractivity (Wildman–Crippen MR) is 490 cm³/mol. The van der Waals surface area contributed by atoms with Crippen molar-refractivity contribution in [2.45, 2.75) is 257 Å². The average molecular weight is 1500 g/mol. The van der Waals surface area contributed by atoms with Gasteiger partial charge in [-0.3, -0.25) is 15.0 Å². The van der Waals surface area contributed by atoms with E-state index in [0.29, 0.717) is 35.5 Å². The van der Waals surface area contributed by atoms with Crippen LogP contribution in [0.4, 0.5) is 0 Å². The van der Waals surface area contributed by atoms with Crippen LogP contribution in [0, 0.1) is 0 Å². The van der Waals surface area contributed by atoms with Gasteiger partial charge in [-0.05, 0) is 99.5 Å². The van der Waals surface area contributed by atoms with Crippen molar-refractivity contribution in [3.8, 4) is 62.0 Å². The molecule has 110 heavy (non-hydrogen) atoms. The van der Waals surface area contributed by atoms with Crippen LogP contribution < -0.4 is 4.74 Å². The second-order valence-electron chi connectivity index (χ2n) is 23.3. The van der Waals surface area contributed by atoms with E-state index in [0.717, 1.165) is 51.3 Å². The lowest BCUT2D eigenvalue weighted by molar-refractivity contribution is 0.373. The van der Waals surface area contributed by atoms with E-state index in [4.69, 9.17) is 13.8 Å². The van der Waals surface area contributed by atoms with Gasteiger partial charge in [-0.1, -0.05) is 438 Å². The molecule has 0 saturated heterocycles. The number of nitrogens with zero attached hydrogens (tertiary/aromatic N) is 5. The zero-order valence-electron chi connectivity index (χ0n) is 75.0. The maximum atomic E-state index is 5.23. The molecule has 0 aliphatic carbocycles. The van der Waals surface area contributed by atoms with E-state index in [1.807, 2.05) is 290 Å². The molecule has 0 aliphatic heterocycles. The van der Waals surface area contributed by atoms with E-state index in [-0.39, 0.29) is 0 Å². The van der Waals surface area contributed by atoms with Crippen LogP contribution in [0.3, 0.4) is 0 Å². The SMILES string of the molecule is CC.CC.CC.CC.CC.CC.CC.CC.CC.CC.CC(C)c1cc(-c2ccccc2)no1.CC(C)c1cc(-c2ccccn2)no1.CC(C)c1ccc(-c2ccccc2)cc1.CC(C)c1ccc(-c2ccccc2)nc1.CC(C)c1ccc(-c2ccccn2)cc1.CC(C)c1ccccc1.COc1ccccc1. The molecule has 0 fully saturated rings. The summed E-state index contributed by atoms with van der Waals surface area (Å²) in [4.78, 5) is 13.0. The van der Waals surface area contributed by atoms with Crippen molar-refractivity contribution in [2.24, 2.45) is 0 Å². The molecule has 0 saturated carbocycles. The Bertz CT molecular complexity index is 3470. The number of para-hydroxylation sites is 1. The largest absolute Gasteiger partial charge is 0.497 e. The molecular formula is C102H151N5O3. The van der Waals surface area contributed by atoms with Gasteiger partial charge in [-0.15, -0.1) is 0 Å². The van der Waals surface area contributed by atoms with Crippen LogP contribution in [0.15, 0.2) is 288 Å². The number of pyridine rings is 3. The summed E-state index contributed by atoms with van der Waals surface area (Å²) in [6, 6.07) is 88.3. The Morgan fingerprint density at radius 2 is 0.500 bits per heavy atom. The second kappa shape index (κ2) is 74.7. The van der Waals surface area contributed by atoms with Gasteiger partial charge in [0.1, 0.15) is 28.7 Å². The third-order valence-corrected chi connectivity index (χ3v) is 14.4. The number of aromatic nitrogens is 5. The Morgan fingerprint density at radius 1 is 0.227 bits per heavy atom. The fourth-order valence-electron chi connectivity index (χ4n) is 8.69. The Morgan fingerprint density at radius 3 is 0.809 bits per heavy atom. The highest BCUT2D eigenvalue weighted by atomic mass is 16.5. The van der Waals surface area contributed by atoms with Crippen molar-refractivity contribution in [3.05, 3.63) is 313 Å². The molecule has 0 atom stereocenters. The fraction of sp³-hybridized carbons (Fsp3) is 0.382. The van der Waals surface area contributed by atoms with E-state index in [1.165, 1.54) is 44.5 Å². The molecule has 12 rings (SSSR count). The van der Waals surface area contributed by atoms with Crippen LogP contribution in [0.1, 0.15) is 291 Å². The molecule has 0 N–H and O–H groups in total. The Hall–Kier alpha value is -9.79. The summed E-state index contributed by atoms with van der Waals surface area (Å²) in [6.45, 7) is 65.9. The van der Waals surface area contributed by atoms with Crippen LogP contribution in [0.5, 0.6) is 5.75 Å². The summed E-state index contributed by atoms with van der Waals surface area (Å²) in [5, 5.41) is 8.00. The monoisotopic (exact) mass is 1490 g/mol. The third kappa shape index (κ3) is 47.2. The molecule has 602 valence electrons. The predicted octanol–water partition coefficient (Wildman–Crippen LogP) is 33.3. The van der Waals surface area contributed by atoms with Crippen LogP contribution in [0.2, 0.25) is 0 Å². The summed E-state index contributed by atoms with van der Waals surface area (Å²) in [5.41, 5.74) is 16.1. The van der Waals surface area contributed by atoms with E-state index < -0.39 is 0 Å². The highest BCUT2D eigenvalue weighted by Crippen LogP contribution is 2.26. The van der Waals surface area contributed by atoms with Crippen LogP contribution in [0.25, 0.3) is 56.3 Å². The third-order valence-electron chi connectivity index (χ3n) is 14.4. The van der Waals surface area contributed by atoms with E-state index in [2.05, 4.69) is 230 Å². The van der Waals surface area contributed by atoms with Gasteiger partial charge in [0.2, 0.25) is 0 Å². The summed E-state index contributed by atoms with van der Waals surface area (Å²) in [7, 11) is 1.66. The number of methoxy groups -OCH3 is 1. The van der Waals surface area contributed by atoms with Crippen LogP contribution >= 0.6 is 0 Å². The smallest absolute Gasteiger partial charge is 0.139 e. The van der Waals surface area contributed by atoms with Crippen LogP contribution in [-0.2, 0) is 0 Å².